The molecule has 0 aliphatic rings. The molecule has 0 atom stereocenters. The number of hydrogen-bond acceptors (Lipinski definition) is 3. The molecule has 0 bridgehead atoms. The van der Waals surface area contributed by atoms with Gasteiger partial charge in [0.05, 0.1) is 5.56 Å². The highest BCUT2D eigenvalue weighted by atomic mass is 16.3. The third-order valence-electron chi connectivity index (χ3n) is 3.69. The van der Waals surface area contributed by atoms with Gasteiger partial charge in [0, 0.05) is 17.5 Å². The van der Waals surface area contributed by atoms with Gasteiger partial charge in [0.15, 0.2) is 5.78 Å². The van der Waals surface area contributed by atoms with Crippen molar-refractivity contribution in [1.82, 2.24) is 0 Å². The molecule has 0 radical (unpaired) electrons. The number of hydrogen-bond donors (Lipinski definition) is 2. The zero-order valence-corrected chi connectivity index (χ0v) is 12.4. The van der Waals surface area contributed by atoms with E-state index in [1.165, 1.54) is 12.1 Å². The van der Waals surface area contributed by atoms with Crippen molar-refractivity contribution in [3.05, 3.63) is 95.1 Å². The lowest BCUT2D eigenvalue weighted by Gasteiger charge is -2.11. The molecule has 0 aliphatic carbocycles. The number of rotatable bonds is 4. The molecule has 3 heteroatoms. The molecule has 0 saturated heterocycles. The Hall–Kier alpha value is -3.07. The fourth-order valence-electron chi connectivity index (χ4n) is 2.55. The first-order chi connectivity index (χ1) is 11.1. The van der Waals surface area contributed by atoms with Crippen molar-refractivity contribution in [2.45, 2.75) is 6.42 Å². The normalized spacial score (nSPS) is 10.4. The van der Waals surface area contributed by atoms with Crippen LogP contribution >= 0.6 is 0 Å². The standard InChI is InChI=1S/C20H16O3/c21-17-12-16(11-14-7-3-1-4-8-14)20(23)18(13-17)19(22)15-9-5-2-6-10-15/h1-10,12-13,21,23H,11H2. The van der Waals surface area contributed by atoms with E-state index in [2.05, 4.69) is 0 Å². The molecule has 114 valence electrons. The van der Waals surface area contributed by atoms with Crippen LogP contribution in [0, 0.1) is 0 Å². The van der Waals surface area contributed by atoms with E-state index in [1.807, 2.05) is 36.4 Å². The number of phenols is 2. The zero-order chi connectivity index (χ0) is 16.2. The SMILES string of the molecule is O=C(c1ccccc1)c1cc(O)cc(Cc2ccccc2)c1O. The van der Waals surface area contributed by atoms with Crippen molar-refractivity contribution in [2.75, 3.05) is 0 Å². The minimum atomic E-state index is -0.312. The van der Waals surface area contributed by atoms with Crippen molar-refractivity contribution in [3.63, 3.8) is 0 Å². The summed E-state index contributed by atoms with van der Waals surface area (Å²) in [5, 5.41) is 20.4. The van der Waals surface area contributed by atoms with Gasteiger partial charge < -0.3 is 10.2 Å². The van der Waals surface area contributed by atoms with Crippen LogP contribution in [0.25, 0.3) is 0 Å². The topological polar surface area (TPSA) is 57.5 Å². The molecule has 0 spiro atoms. The fraction of sp³-hybridized carbons (Fsp3) is 0.0500. The van der Waals surface area contributed by atoms with Crippen molar-refractivity contribution in [2.24, 2.45) is 0 Å². The highest BCUT2D eigenvalue weighted by molar-refractivity contribution is 6.11. The molecule has 0 unspecified atom stereocenters. The van der Waals surface area contributed by atoms with Crippen molar-refractivity contribution >= 4 is 5.78 Å². The smallest absolute Gasteiger partial charge is 0.196 e. The van der Waals surface area contributed by atoms with Crippen LogP contribution in [-0.2, 0) is 6.42 Å². The van der Waals surface area contributed by atoms with E-state index in [-0.39, 0.29) is 22.8 Å². The average molecular weight is 304 g/mol. The summed E-state index contributed by atoms with van der Waals surface area (Å²) in [7, 11) is 0. The van der Waals surface area contributed by atoms with Gasteiger partial charge in [0.25, 0.3) is 0 Å². The largest absolute Gasteiger partial charge is 0.508 e. The molecule has 3 aromatic carbocycles. The third kappa shape index (κ3) is 3.24. The van der Waals surface area contributed by atoms with Gasteiger partial charge in [-0.05, 0) is 17.7 Å². The van der Waals surface area contributed by atoms with Crippen LogP contribution in [0.4, 0.5) is 0 Å². The summed E-state index contributed by atoms with van der Waals surface area (Å²) < 4.78 is 0. The molecule has 0 saturated carbocycles. The Kier molecular flexibility index (Phi) is 4.11. The monoisotopic (exact) mass is 304 g/mol. The molecule has 3 nitrogen and oxygen atoms in total. The molecule has 0 aromatic heterocycles. The van der Waals surface area contributed by atoms with E-state index >= 15 is 0 Å². The molecule has 0 aliphatic heterocycles. The predicted octanol–water partition coefficient (Wildman–Crippen LogP) is 3.92. The first-order valence-corrected chi connectivity index (χ1v) is 7.33. The summed E-state index contributed by atoms with van der Waals surface area (Å²) in [6, 6.07) is 21.1. The molecular weight excluding hydrogens is 288 g/mol. The molecule has 0 amide bonds. The lowest BCUT2D eigenvalue weighted by Crippen LogP contribution is -2.03. The number of ketones is 1. The number of aromatic hydroxyl groups is 2. The number of carbonyl (C=O) groups excluding carboxylic acids is 1. The Bertz CT molecular complexity index is 824. The Morgan fingerprint density at radius 3 is 2.09 bits per heavy atom. The minimum Gasteiger partial charge on any atom is -0.508 e. The molecule has 2 N–H and O–H groups in total. The van der Waals surface area contributed by atoms with E-state index in [0.717, 1.165) is 5.56 Å². The molecule has 3 rings (SSSR count). The number of benzene rings is 3. The van der Waals surface area contributed by atoms with Crippen LogP contribution < -0.4 is 0 Å². The Balaban J connectivity index is 2.01. The quantitative estimate of drug-likeness (QED) is 0.567. The highest BCUT2D eigenvalue weighted by Crippen LogP contribution is 2.31. The summed E-state index contributed by atoms with van der Waals surface area (Å²) in [6.07, 6.45) is 0.441. The maximum atomic E-state index is 12.6. The Morgan fingerprint density at radius 2 is 1.43 bits per heavy atom. The lowest BCUT2D eigenvalue weighted by molar-refractivity contribution is 0.103. The summed E-state index contributed by atoms with van der Waals surface area (Å²) >= 11 is 0. The lowest BCUT2D eigenvalue weighted by atomic mass is 9.96. The minimum absolute atomic E-state index is 0.0342. The number of carbonyl (C=O) groups is 1. The Morgan fingerprint density at radius 1 is 0.826 bits per heavy atom. The molecule has 0 heterocycles. The van der Waals surface area contributed by atoms with Gasteiger partial charge >= 0.3 is 0 Å². The van der Waals surface area contributed by atoms with E-state index in [0.29, 0.717) is 17.5 Å². The van der Waals surface area contributed by atoms with Crippen molar-refractivity contribution < 1.29 is 15.0 Å². The highest BCUT2D eigenvalue weighted by Gasteiger charge is 2.18. The first kappa shape index (κ1) is 14.9. The Labute approximate surface area is 134 Å². The summed E-state index contributed by atoms with van der Waals surface area (Å²) in [4.78, 5) is 12.6. The third-order valence-corrected chi connectivity index (χ3v) is 3.69. The maximum absolute atomic E-state index is 12.6. The van der Waals surface area contributed by atoms with Gasteiger partial charge in [-0.25, -0.2) is 0 Å². The van der Waals surface area contributed by atoms with Gasteiger partial charge in [-0.2, -0.15) is 0 Å². The van der Waals surface area contributed by atoms with Crippen molar-refractivity contribution in [3.8, 4) is 11.5 Å². The van der Waals surface area contributed by atoms with Gasteiger partial charge in [0.1, 0.15) is 11.5 Å². The molecule has 23 heavy (non-hydrogen) atoms. The van der Waals surface area contributed by atoms with E-state index in [9.17, 15) is 15.0 Å². The van der Waals surface area contributed by atoms with Crippen LogP contribution in [-0.4, -0.2) is 16.0 Å². The van der Waals surface area contributed by atoms with Gasteiger partial charge in [-0.1, -0.05) is 60.7 Å². The van der Waals surface area contributed by atoms with Gasteiger partial charge in [0.2, 0.25) is 0 Å². The number of phenolic OH excluding ortho intramolecular Hbond substituents is 2. The molecule has 0 fully saturated rings. The van der Waals surface area contributed by atoms with Crippen LogP contribution in [0.1, 0.15) is 27.0 Å². The fourth-order valence-corrected chi connectivity index (χ4v) is 2.55. The van der Waals surface area contributed by atoms with Crippen LogP contribution in [0.2, 0.25) is 0 Å². The average Bonchev–Trinajstić information content (AvgIpc) is 2.59. The second-order valence-corrected chi connectivity index (χ2v) is 5.36. The summed E-state index contributed by atoms with van der Waals surface area (Å²) in [6.45, 7) is 0. The predicted molar refractivity (Wildman–Crippen MR) is 88.9 cm³/mol. The van der Waals surface area contributed by atoms with Crippen molar-refractivity contribution in [1.29, 1.82) is 0 Å². The molecular formula is C20H16O3. The molecule has 3 aromatic rings. The zero-order valence-electron chi connectivity index (χ0n) is 12.4. The maximum Gasteiger partial charge on any atom is 0.196 e. The van der Waals surface area contributed by atoms with Gasteiger partial charge in [-0.15, -0.1) is 0 Å². The van der Waals surface area contributed by atoms with Crippen LogP contribution in [0.5, 0.6) is 11.5 Å². The van der Waals surface area contributed by atoms with Gasteiger partial charge in [-0.3, -0.25) is 4.79 Å². The summed E-state index contributed by atoms with van der Waals surface area (Å²) in [5.74, 6) is -0.429. The second-order valence-electron chi connectivity index (χ2n) is 5.36. The second kappa shape index (κ2) is 6.36. The van der Waals surface area contributed by atoms with Crippen LogP contribution in [0.3, 0.4) is 0 Å². The van der Waals surface area contributed by atoms with Crippen LogP contribution in [0.15, 0.2) is 72.8 Å². The summed E-state index contributed by atoms with van der Waals surface area (Å²) in [5.41, 5.74) is 2.10. The van der Waals surface area contributed by atoms with E-state index in [1.54, 1.807) is 24.3 Å². The first-order valence-electron chi connectivity index (χ1n) is 7.33. The van der Waals surface area contributed by atoms with E-state index < -0.39 is 0 Å². The van der Waals surface area contributed by atoms with E-state index in [4.69, 9.17) is 0 Å².